The van der Waals surface area contributed by atoms with Crippen LogP contribution >= 0.6 is 15.9 Å². The highest BCUT2D eigenvalue weighted by atomic mass is 79.9. The van der Waals surface area contributed by atoms with Crippen LogP contribution in [0, 0.1) is 5.41 Å². The van der Waals surface area contributed by atoms with Crippen molar-refractivity contribution in [2.45, 2.75) is 33.2 Å². The average molecular weight is 358 g/mol. The Labute approximate surface area is 135 Å². The first-order chi connectivity index (χ1) is 9.85. The van der Waals surface area contributed by atoms with Crippen molar-refractivity contribution in [2.75, 3.05) is 19.5 Å². The van der Waals surface area contributed by atoms with Crippen LogP contribution in [0.25, 0.3) is 0 Å². The molecule has 4 nitrogen and oxygen atoms in total. The first kappa shape index (κ1) is 17.8. The summed E-state index contributed by atoms with van der Waals surface area (Å²) in [7, 11) is 3.09. The first-order valence-corrected chi connectivity index (χ1v) is 8.05. The van der Waals surface area contributed by atoms with Gasteiger partial charge in [0.25, 0.3) is 5.91 Å². The van der Waals surface area contributed by atoms with E-state index < -0.39 is 0 Å². The molecule has 0 aromatic heterocycles. The minimum Gasteiger partial charge on any atom is -0.493 e. The Balaban J connectivity index is 3.03. The third kappa shape index (κ3) is 4.63. The molecule has 1 rings (SSSR count). The molecule has 0 aliphatic carbocycles. The number of alkyl halides is 1. The topological polar surface area (TPSA) is 47.6 Å². The molecule has 0 saturated heterocycles. The summed E-state index contributed by atoms with van der Waals surface area (Å²) in [6.07, 6.45) is 0.863. The highest BCUT2D eigenvalue weighted by Gasteiger charge is 2.27. The van der Waals surface area contributed by atoms with Gasteiger partial charge >= 0.3 is 0 Å². The van der Waals surface area contributed by atoms with E-state index in [9.17, 15) is 4.79 Å². The Morgan fingerprint density at radius 3 is 2.43 bits per heavy atom. The molecule has 1 N–H and O–H groups in total. The Hall–Kier alpha value is -1.23. The number of methoxy groups -OCH3 is 2. The summed E-state index contributed by atoms with van der Waals surface area (Å²) >= 11 is 3.44. The van der Waals surface area contributed by atoms with Crippen molar-refractivity contribution in [3.63, 3.8) is 0 Å². The number of nitrogens with one attached hydrogen (secondary N) is 1. The number of rotatable bonds is 6. The van der Waals surface area contributed by atoms with Crippen molar-refractivity contribution in [1.82, 2.24) is 5.32 Å². The quantitative estimate of drug-likeness (QED) is 0.790. The third-order valence-electron chi connectivity index (χ3n) is 3.40. The van der Waals surface area contributed by atoms with Gasteiger partial charge < -0.3 is 14.8 Å². The number of benzene rings is 1. The van der Waals surface area contributed by atoms with Crippen LogP contribution in [0.1, 0.15) is 37.6 Å². The maximum absolute atomic E-state index is 12.6. The molecular weight excluding hydrogens is 334 g/mol. The second-order valence-corrected chi connectivity index (χ2v) is 6.70. The molecule has 1 unspecified atom stereocenters. The zero-order valence-corrected chi connectivity index (χ0v) is 14.9. The first-order valence-electron chi connectivity index (χ1n) is 6.93. The van der Waals surface area contributed by atoms with Crippen LogP contribution in [0.3, 0.4) is 0 Å². The van der Waals surface area contributed by atoms with Crippen LogP contribution in [-0.4, -0.2) is 31.5 Å². The smallest absolute Gasteiger partial charge is 0.255 e. The molecule has 0 radical (unpaired) electrons. The summed E-state index contributed by atoms with van der Waals surface area (Å²) in [5.41, 5.74) is 0.468. The van der Waals surface area contributed by atoms with Gasteiger partial charge in [0.2, 0.25) is 0 Å². The zero-order valence-electron chi connectivity index (χ0n) is 13.3. The Morgan fingerprint density at radius 1 is 1.29 bits per heavy atom. The van der Waals surface area contributed by atoms with Gasteiger partial charge in [-0.15, -0.1) is 0 Å². The lowest BCUT2D eigenvalue weighted by Gasteiger charge is -2.31. The van der Waals surface area contributed by atoms with Crippen molar-refractivity contribution >= 4 is 21.8 Å². The predicted octanol–water partition coefficient (Wildman–Crippen LogP) is 3.63. The number of ether oxygens (including phenoxy) is 2. The fourth-order valence-electron chi connectivity index (χ4n) is 2.13. The normalized spacial score (nSPS) is 12.7. The molecule has 0 aliphatic heterocycles. The van der Waals surface area contributed by atoms with Crippen LogP contribution in [0.4, 0.5) is 0 Å². The molecule has 0 bridgehead atoms. The maximum Gasteiger partial charge on any atom is 0.255 e. The average Bonchev–Trinajstić information content (AvgIpc) is 2.44. The summed E-state index contributed by atoms with van der Waals surface area (Å²) in [4.78, 5) is 12.6. The number of amides is 1. The molecule has 5 heteroatoms. The largest absolute Gasteiger partial charge is 0.493 e. The summed E-state index contributed by atoms with van der Waals surface area (Å²) in [6.45, 7) is 6.34. The van der Waals surface area contributed by atoms with Gasteiger partial charge in [0.1, 0.15) is 0 Å². The standard InChI is InChI=1S/C16H24BrNO3/c1-16(2,3)13(9-10-17)18-15(19)11-7-6-8-12(20-4)14(11)21-5/h6-8,13H,9-10H2,1-5H3,(H,18,19). The van der Waals surface area contributed by atoms with E-state index in [4.69, 9.17) is 9.47 Å². The van der Waals surface area contributed by atoms with Gasteiger partial charge in [0, 0.05) is 11.4 Å². The lowest BCUT2D eigenvalue weighted by Crippen LogP contribution is -2.44. The van der Waals surface area contributed by atoms with Gasteiger partial charge in [-0.05, 0) is 24.0 Å². The minimum absolute atomic E-state index is 0.0183. The highest BCUT2D eigenvalue weighted by Crippen LogP contribution is 2.31. The van der Waals surface area contributed by atoms with Gasteiger partial charge in [-0.25, -0.2) is 0 Å². The summed E-state index contributed by atoms with van der Waals surface area (Å²) in [5, 5.41) is 3.93. The molecule has 0 saturated carbocycles. The summed E-state index contributed by atoms with van der Waals surface area (Å²) < 4.78 is 10.6. The summed E-state index contributed by atoms with van der Waals surface area (Å²) in [6, 6.07) is 5.37. The number of carbonyl (C=O) groups is 1. The lowest BCUT2D eigenvalue weighted by molar-refractivity contribution is 0.0897. The third-order valence-corrected chi connectivity index (χ3v) is 3.85. The molecule has 1 amide bonds. The molecule has 1 aromatic rings. The van der Waals surface area contributed by atoms with Crippen molar-refractivity contribution in [3.8, 4) is 11.5 Å². The fourth-order valence-corrected chi connectivity index (χ4v) is 2.59. The number of para-hydroxylation sites is 1. The molecule has 0 spiro atoms. The number of carbonyl (C=O) groups excluding carboxylic acids is 1. The van der Waals surface area contributed by atoms with E-state index in [1.165, 1.54) is 7.11 Å². The summed E-state index contributed by atoms with van der Waals surface area (Å²) in [5.74, 6) is 0.869. The predicted molar refractivity (Wildman–Crippen MR) is 88.7 cm³/mol. The fraction of sp³-hybridized carbons (Fsp3) is 0.562. The van der Waals surface area contributed by atoms with E-state index in [2.05, 4.69) is 42.0 Å². The Morgan fingerprint density at radius 2 is 1.95 bits per heavy atom. The molecule has 1 atom stereocenters. The Bertz CT molecular complexity index is 483. The molecule has 0 aliphatic rings. The molecule has 0 fully saturated rings. The monoisotopic (exact) mass is 357 g/mol. The lowest BCUT2D eigenvalue weighted by atomic mass is 9.85. The number of halogens is 1. The van der Waals surface area contributed by atoms with Crippen molar-refractivity contribution < 1.29 is 14.3 Å². The molecule has 118 valence electrons. The number of hydrogen-bond acceptors (Lipinski definition) is 3. The van der Waals surface area contributed by atoms with E-state index >= 15 is 0 Å². The van der Waals surface area contributed by atoms with Gasteiger partial charge in [0.15, 0.2) is 11.5 Å². The van der Waals surface area contributed by atoms with Crippen LogP contribution < -0.4 is 14.8 Å². The van der Waals surface area contributed by atoms with Gasteiger partial charge in [0.05, 0.1) is 19.8 Å². The molecular formula is C16H24BrNO3. The second-order valence-electron chi connectivity index (χ2n) is 5.91. The highest BCUT2D eigenvalue weighted by molar-refractivity contribution is 9.09. The van der Waals surface area contributed by atoms with Crippen molar-refractivity contribution in [1.29, 1.82) is 0 Å². The maximum atomic E-state index is 12.6. The Kier molecular flexibility index (Phi) is 6.52. The molecule has 1 aromatic carbocycles. The number of hydrogen-bond donors (Lipinski definition) is 1. The van der Waals surface area contributed by atoms with E-state index in [0.29, 0.717) is 17.1 Å². The second kappa shape index (κ2) is 7.69. The van der Waals surface area contributed by atoms with Gasteiger partial charge in [-0.3, -0.25) is 4.79 Å². The van der Waals surface area contributed by atoms with E-state index in [1.54, 1.807) is 25.3 Å². The molecule has 21 heavy (non-hydrogen) atoms. The minimum atomic E-state index is -0.147. The van der Waals surface area contributed by atoms with E-state index in [0.717, 1.165) is 11.8 Å². The van der Waals surface area contributed by atoms with Crippen molar-refractivity contribution in [2.24, 2.45) is 5.41 Å². The van der Waals surface area contributed by atoms with Crippen LogP contribution in [0.5, 0.6) is 11.5 Å². The van der Waals surface area contributed by atoms with Crippen LogP contribution in [0.15, 0.2) is 18.2 Å². The van der Waals surface area contributed by atoms with Crippen LogP contribution in [0.2, 0.25) is 0 Å². The molecule has 0 heterocycles. The van der Waals surface area contributed by atoms with Gasteiger partial charge in [-0.1, -0.05) is 42.8 Å². The SMILES string of the molecule is COc1cccc(C(=O)NC(CCBr)C(C)(C)C)c1OC. The zero-order chi connectivity index (χ0) is 16.0. The van der Waals surface area contributed by atoms with E-state index in [-0.39, 0.29) is 17.4 Å². The van der Waals surface area contributed by atoms with Crippen molar-refractivity contribution in [3.05, 3.63) is 23.8 Å². The van der Waals surface area contributed by atoms with Crippen LogP contribution in [-0.2, 0) is 0 Å². The van der Waals surface area contributed by atoms with E-state index in [1.807, 2.05) is 0 Å². The van der Waals surface area contributed by atoms with Gasteiger partial charge in [-0.2, -0.15) is 0 Å².